The molecule has 0 radical (unpaired) electrons. The van der Waals surface area contributed by atoms with Gasteiger partial charge in [0.15, 0.2) is 5.96 Å². The summed E-state index contributed by atoms with van der Waals surface area (Å²) in [6.07, 6.45) is 8.62. The van der Waals surface area contributed by atoms with E-state index in [-0.39, 0.29) is 35.8 Å². The molecular formula is C22H40IN7O. The molecule has 8 nitrogen and oxygen atoms in total. The third-order valence-corrected chi connectivity index (χ3v) is 6.00. The fourth-order valence-corrected chi connectivity index (χ4v) is 4.28. The summed E-state index contributed by atoms with van der Waals surface area (Å²) in [6.45, 7) is 10.4. The van der Waals surface area contributed by atoms with Gasteiger partial charge >= 0.3 is 0 Å². The molecule has 0 aliphatic carbocycles. The summed E-state index contributed by atoms with van der Waals surface area (Å²) in [4.78, 5) is 18.9. The van der Waals surface area contributed by atoms with Crippen molar-refractivity contribution in [2.75, 3.05) is 26.2 Å². The predicted molar refractivity (Wildman–Crippen MR) is 135 cm³/mol. The molecule has 0 aromatic carbocycles. The summed E-state index contributed by atoms with van der Waals surface area (Å²) >= 11 is 0. The molecule has 2 aliphatic heterocycles. The van der Waals surface area contributed by atoms with Gasteiger partial charge in [0.1, 0.15) is 11.6 Å². The van der Waals surface area contributed by atoms with E-state index in [1.807, 2.05) is 18.7 Å². The first-order valence-electron chi connectivity index (χ1n) is 11.8. The van der Waals surface area contributed by atoms with E-state index in [0.29, 0.717) is 6.04 Å². The van der Waals surface area contributed by atoms with Gasteiger partial charge in [-0.3, -0.25) is 9.79 Å². The average Bonchev–Trinajstić information content (AvgIpc) is 2.97. The van der Waals surface area contributed by atoms with E-state index in [1.165, 1.54) is 19.3 Å². The zero-order valence-corrected chi connectivity index (χ0v) is 21.7. The Bertz CT molecular complexity index is 711. The zero-order valence-electron chi connectivity index (χ0n) is 19.4. The van der Waals surface area contributed by atoms with Crippen LogP contribution in [0.5, 0.6) is 0 Å². The number of aromatic nitrogens is 3. The van der Waals surface area contributed by atoms with E-state index in [9.17, 15) is 4.79 Å². The van der Waals surface area contributed by atoms with Crippen LogP contribution in [-0.2, 0) is 24.2 Å². The second-order valence-electron chi connectivity index (χ2n) is 8.76. The lowest BCUT2D eigenvalue weighted by molar-refractivity contribution is -0.135. The van der Waals surface area contributed by atoms with Crippen molar-refractivity contribution in [1.82, 2.24) is 30.3 Å². The summed E-state index contributed by atoms with van der Waals surface area (Å²) < 4.78 is 2.33. The van der Waals surface area contributed by atoms with Crippen molar-refractivity contribution in [3.63, 3.8) is 0 Å². The topological polar surface area (TPSA) is 87.4 Å². The number of fused-ring (bicyclic) bond motifs is 1. The van der Waals surface area contributed by atoms with Gasteiger partial charge in [-0.1, -0.05) is 20.3 Å². The lowest BCUT2D eigenvalue weighted by Gasteiger charge is -2.34. The quantitative estimate of drug-likeness (QED) is 0.238. The average molecular weight is 546 g/mol. The lowest BCUT2D eigenvalue weighted by Crippen LogP contribution is -2.50. The molecule has 0 saturated carbocycles. The van der Waals surface area contributed by atoms with Crippen LogP contribution in [0.15, 0.2) is 4.99 Å². The molecule has 0 unspecified atom stereocenters. The van der Waals surface area contributed by atoms with Crippen LogP contribution in [0, 0.1) is 5.92 Å². The Kier molecular flexibility index (Phi) is 11.0. The number of hydrogen-bond donors (Lipinski definition) is 2. The van der Waals surface area contributed by atoms with Gasteiger partial charge in [-0.15, -0.1) is 34.2 Å². The number of likely N-dealkylation sites (tertiary alicyclic amines) is 1. The number of carbonyl (C=O) groups is 1. The number of carbonyl (C=O) groups excluding carboxylic acids is 1. The summed E-state index contributed by atoms with van der Waals surface area (Å²) in [5, 5.41) is 15.7. The molecule has 31 heavy (non-hydrogen) atoms. The van der Waals surface area contributed by atoms with Gasteiger partial charge in [-0.25, -0.2) is 0 Å². The number of rotatable bonds is 7. The van der Waals surface area contributed by atoms with E-state index in [4.69, 9.17) is 4.99 Å². The summed E-state index contributed by atoms with van der Waals surface area (Å²) in [5.74, 6) is 3.49. The van der Waals surface area contributed by atoms with Crippen LogP contribution in [0.3, 0.4) is 0 Å². The Balaban J connectivity index is 0.00000341. The second kappa shape index (κ2) is 13.2. The molecule has 3 heterocycles. The first kappa shape index (κ1) is 25.9. The maximum Gasteiger partial charge on any atom is 0.225 e. The van der Waals surface area contributed by atoms with Gasteiger partial charge in [0.25, 0.3) is 0 Å². The third-order valence-electron chi connectivity index (χ3n) is 6.00. The lowest BCUT2D eigenvalue weighted by atomic mass is 10.0. The molecule has 1 aromatic rings. The maximum atomic E-state index is 12.2. The fourth-order valence-electron chi connectivity index (χ4n) is 4.28. The number of nitrogens with zero attached hydrogens (tertiary/aromatic N) is 5. The molecule has 1 amide bonds. The van der Waals surface area contributed by atoms with Crippen LogP contribution < -0.4 is 10.6 Å². The van der Waals surface area contributed by atoms with E-state index in [0.717, 1.165) is 82.4 Å². The minimum atomic E-state index is 0. The van der Waals surface area contributed by atoms with Crippen molar-refractivity contribution < 1.29 is 4.79 Å². The third kappa shape index (κ3) is 7.61. The van der Waals surface area contributed by atoms with E-state index in [1.54, 1.807) is 0 Å². The molecule has 2 aliphatic rings. The van der Waals surface area contributed by atoms with Crippen molar-refractivity contribution in [3.05, 3.63) is 11.6 Å². The highest BCUT2D eigenvalue weighted by Crippen LogP contribution is 2.15. The van der Waals surface area contributed by atoms with Crippen molar-refractivity contribution in [2.45, 2.75) is 84.7 Å². The van der Waals surface area contributed by atoms with Crippen molar-refractivity contribution in [2.24, 2.45) is 10.9 Å². The van der Waals surface area contributed by atoms with Gasteiger partial charge in [0.2, 0.25) is 5.91 Å². The van der Waals surface area contributed by atoms with Gasteiger partial charge < -0.3 is 20.1 Å². The number of halogens is 1. The normalized spacial score (nSPS) is 17.7. The molecule has 1 saturated heterocycles. The molecule has 1 fully saturated rings. The number of aliphatic imine (C=N–C) groups is 1. The fraction of sp³-hybridized carbons (Fsp3) is 0.818. The Hall–Kier alpha value is -1.39. The smallest absolute Gasteiger partial charge is 0.225 e. The maximum absolute atomic E-state index is 12.2. The molecule has 176 valence electrons. The number of piperidine rings is 1. The Morgan fingerprint density at radius 1 is 1.16 bits per heavy atom. The Morgan fingerprint density at radius 3 is 2.65 bits per heavy atom. The minimum Gasteiger partial charge on any atom is -0.357 e. The molecule has 0 spiro atoms. The van der Waals surface area contributed by atoms with Crippen LogP contribution in [0.25, 0.3) is 0 Å². The number of nitrogens with one attached hydrogen (secondary N) is 2. The minimum absolute atomic E-state index is 0. The van der Waals surface area contributed by atoms with E-state index in [2.05, 4.69) is 32.3 Å². The van der Waals surface area contributed by atoms with Crippen molar-refractivity contribution >= 4 is 35.8 Å². The van der Waals surface area contributed by atoms with Gasteiger partial charge in [0.05, 0.1) is 0 Å². The second-order valence-corrected chi connectivity index (χ2v) is 8.76. The summed E-state index contributed by atoms with van der Waals surface area (Å²) in [6, 6.07) is 0.367. The van der Waals surface area contributed by atoms with Crippen LogP contribution in [-0.4, -0.2) is 63.8 Å². The Labute approximate surface area is 204 Å². The zero-order chi connectivity index (χ0) is 21.3. The highest BCUT2D eigenvalue weighted by atomic mass is 127. The first-order valence-corrected chi connectivity index (χ1v) is 11.8. The number of aryl methyl sites for hydroxylation is 2. The molecular weight excluding hydrogens is 505 g/mol. The van der Waals surface area contributed by atoms with Crippen LogP contribution >= 0.6 is 24.0 Å². The predicted octanol–water partition coefficient (Wildman–Crippen LogP) is 2.76. The van der Waals surface area contributed by atoms with Gasteiger partial charge in [-0.2, -0.15) is 0 Å². The largest absolute Gasteiger partial charge is 0.357 e. The summed E-state index contributed by atoms with van der Waals surface area (Å²) in [5.41, 5.74) is 0. The number of amides is 1. The van der Waals surface area contributed by atoms with Crippen LogP contribution in [0.1, 0.15) is 70.9 Å². The SMILES string of the molecule is CCNC(=NCCCc1nnc2n1CCCCC2)NC1CCN(C(=O)C(C)C)CC1.I. The number of guanidine groups is 1. The highest BCUT2D eigenvalue weighted by Gasteiger charge is 2.24. The standard InChI is InChI=1S/C22H39N7O.HI/c1-4-23-22(25-18-11-15-28(16-12-18)21(30)17(2)3)24-13-8-10-20-27-26-19-9-6-5-7-14-29(19)20;/h17-18H,4-16H2,1-3H3,(H2,23,24,25);1H. The molecule has 1 aromatic heterocycles. The molecule has 0 bridgehead atoms. The van der Waals surface area contributed by atoms with E-state index >= 15 is 0 Å². The summed E-state index contributed by atoms with van der Waals surface area (Å²) in [7, 11) is 0. The molecule has 9 heteroatoms. The monoisotopic (exact) mass is 545 g/mol. The van der Waals surface area contributed by atoms with Gasteiger partial charge in [0, 0.05) is 57.5 Å². The van der Waals surface area contributed by atoms with E-state index < -0.39 is 0 Å². The molecule has 0 atom stereocenters. The van der Waals surface area contributed by atoms with Crippen molar-refractivity contribution in [3.8, 4) is 0 Å². The van der Waals surface area contributed by atoms with Crippen LogP contribution in [0.2, 0.25) is 0 Å². The first-order chi connectivity index (χ1) is 14.6. The highest BCUT2D eigenvalue weighted by molar-refractivity contribution is 14.0. The molecule has 3 rings (SSSR count). The van der Waals surface area contributed by atoms with Crippen LogP contribution in [0.4, 0.5) is 0 Å². The Morgan fingerprint density at radius 2 is 1.94 bits per heavy atom. The number of hydrogen-bond acceptors (Lipinski definition) is 4. The van der Waals surface area contributed by atoms with Gasteiger partial charge in [-0.05, 0) is 39.0 Å². The molecule has 2 N–H and O–H groups in total. The van der Waals surface area contributed by atoms with Crippen molar-refractivity contribution in [1.29, 1.82) is 0 Å².